The first-order valence-electron chi connectivity index (χ1n) is 4.27. The van der Waals surface area contributed by atoms with Crippen LogP contribution in [-0.4, -0.2) is 9.96 Å². The third-order valence-electron chi connectivity index (χ3n) is 1.76. The van der Waals surface area contributed by atoms with Crippen molar-refractivity contribution in [3.05, 3.63) is 29.8 Å². The molecule has 80 valence electrons. The molecule has 2 nitrogen and oxygen atoms in total. The Labute approximate surface area is 89.0 Å². The molecule has 0 radical (unpaired) electrons. The Hall–Kier alpha value is -1.28. The average molecular weight is 229 g/mol. The van der Waals surface area contributed by atoms with Crippen LogP contribution in [0.5, 0.6) is 0 Å². The van der Waals surface area contributed by atoms with Crippen LogP contribution in [0.4, 0.5) is 8.78 Å². The van der Waals surface area contributed by atoms with Gasteiger partial charge in [0, 0.05) is 5.75 Å². The van der Waals surface area contributed by atoms with E-state index in [0.717, 1.165) is 18.2 Å². The van der Waals surface area contributed by atoms with Gasteiger partial charge in [0.15, 0.2) is 0 Å². The van der Waals surface area contributed by atoms with Gasteiger partial charge < -0.3 is 0 Å². The summed E-state index contributed by atoms with van der Waals surface area (Å²) in [6, 6.07) is 4.68. The lowest BCUT2D eigenvalue weighted by molar-refractivity contribution is 0.571. The molecule has 5 heteroatoms. The van der Waals surface area contributed by atoms with Gasteiger partial charge in [0.25, 0.3) is 0 Å². The Balaban J connectivity index is 2.92. The summed E-state index contributed by atoms with van der Waals surface area (Å²) in [4.78, 5) is -0.183. The summed E-state index contributed by atoms with van der Waals surface area (Å²) in [5.74, 6) is -1.78. The zero-order chi connectivity index (χ0) is 11.4. The van der Waals surface area contributed by atoms with Crippen molar-refractivity contribution in [1.82, 2.24) is 0 Å². The van der Waals surface area contributed by atoms with Gasteiger partial charge in [0.1, 0.15) is 11.6 Å². The molecule has 0 bridgehead atoms. The summed E-state index contributed by atoms with van der Waals surface area (Å²) in [6.45, 7) is 1.58. The number of nitriles is 1. The van der Waals surface area contributed by atoms with Gasteiger partial charge >= 0.3 is 0 Å². The van der Waals surface area contributed by atoms with Crippen LogP contribution in [0.3, 0.4) is 0 Å². The molecule has 1 aromatic rings. The molecule has 0 N–H and O–H groups in total. The molecule has 0 aliphatic carbocycles. The summed E-state index contributed by atoms with van der Waals surface area (Å²) in [6.07, 6.45) is 0. The number of benzene rings is 1. The first-order valence-corrected chi connectivity index (χ1v) is 5.59. The van der Waals surface area contributed by atoms with Gasteiger partial charge in [-0.15, -0.1) is 0 Å². The van der Waals surface area contributed by atoms with Gasteiger partial charge in [-0.2, -0.15) is 5.26 Å². The molecule has 0 heterocycles. The Morgan fingerprint density at radius 2 is 2.20 bits per heavy atom. The minimum Gasteiger partial charge on any atom is -0.254 e. The van der Waals surface area contributed by atoms with Crippen LogP contribution in [0.1, 0.15) is 6.92 Å². The third kappa shape index (κ3) is 3.10. The van der Waals surface area contributed by atoms with Crippen molar-refractivity contribution < 1.29 is 13.0 Å². The Morgan fingerprint density at radius 3 is 2.80 bits per heavy atom. The van der Waals surface area contributed by atoms with Crippen molar-refractivity contribution in [2.24, 2.45) is 5.92 Å². The van der Waals surface area contributed by atoms with Gasteiger partial charge in [-0.1, -0.05) is 0 Å². The van der Waals surface area contributed by atoms with Crippen LogP contribution in [0, 0.1) is 28.9 Å². The summed E-state index contributed by atoms with van der Waals surface area (Å²) >= 11 is 0. The molecule has 0 aliphatic heterocycles. The number of halogens is 2. The van der Waals surface area contributed by atoms with E-state index in [-0.39, 0.29) is 10.6 Å². The van der Waals surface area contributed by atoms with Gasteiger partial charge in [-0.25, -0.2) is 8.78 Å². The van der Waals surface area contributed by atoms with E-state index in [4.69, 9.17) is 5.26 Å². The molecular weight excluding hydrogens is 220 g/mol. The predicted octanol–water partition coefficient (Wildman–Crippen LogP) is 2.23. The maximum atomic E-state index is 13.1. The normalized spacial score (nSPS) is 14.3. The van der Waals surface area contributed by atoms with Gasteiger partial charge in [-0.05, 0) is 25.1 Å². The van der Waals surface area contributed by atoms with E-state index in [1.165, 1.54) is 0 Å². The molecule has 0 saturated heterocycles. The number of hydrogen-bond donors (Lipinski definition) is 0. The lowest BCUT2D eigenvalue weighted by Crippen LogP contribution is -2.07. The van der Waals surface area contributed by atoms with Crippen molar-refractivity contribution in [3.63, 3.8) is 0 Å². The molecule has 15 heavy (non-hydrogen) atoms. The second-order valence-electron chi connectivity index (χ2n) is 3.12. The summed E-state index contributed by atoms with van der Waals surface area (Å²) < 4.78 is 37.4. The molecule has 0 spiro atoms. The highest BCUT2D eigenvalue weighted by Gasteiger charge is 2.14. The summed E-state index contributed by atoms with van der Waals surface area (Å²) in [5, 5.41) is 8.50. The number of hydrogen-bond acceptors (Lipinski definition) is 2. The lowest BCUT2D eigenvalue weighted by Gasteiger charge is -2.04. The number of rotatable bonds is 3. The van der Waals surface area contributed by atoms with E-state index in [0.29, 0.717) is 0 Å². The highest BCUT2D eigenvalue weighted by atomic mass is 32.2. The zero-order valence-electron chi connectivity index (χ0n) is 8.04. The van der Waals surface area contributed by atoms with E-state index in [1.807, 2.05) is 6.07 Å². The second-order valence-corrected chi connectivity index (χ2v) is 4.58. The van der Waals surface area contributed by atoms with E-state index in [9.17, 15) is 13.0 Å². The Morgan fingerprint density at radius 1 is 1.53 bits per heavy atom. The minimum absolute atomic E-state index is 0.0108. The fourth-order valence-electron chi connectivity index (χ4n) is 1.01. The zero-order valence-corrected chi connectivity index (χ0v) is 8.85. The van der Waals surface area contributed by atoms with Crippen molar-refractivity contribution in [2.45, 2.75) is 11.8 Å². The van der Waals surface area contributed by atoms with Gasteiger partial charge in [0.2, 0.25) is 0 Å². The summed E-state index contributed by atoms with van der Waals surface area (Å²) in [7, 11) is -1.67. The topological polar surface area (TPSA) is 40.9 Å². The second kappa shape index (κ2) is 4.99. The monoisotopic (exact) mass is 229 g/mol. The first-order chi connectivity index (χ1) is 7.04. The molecule has 1 aromatic carbocycles. The molecule has 0 aliphatic rings. The average Bonchev–Trinajstić information content (AvgIpc) is 2.21. The van der Waals surface area contributed by atoms with Gasteiger partial charge in [-0.3, -0.25) is 4.21 Å². The SMILES string of the molecule is CC(C#N)CS(=O)c1cc(F)ccc1F. The Kier molecular flexibility index (Phi) is 3.92. The molecule has 2 atom stereocenters. The fraction of sp³-hybridized carbons (Fsp3) is 0.300. The third-order valence-corrected chi connectivity index (χ3v) is 3.37. The smallest absolute Gasteiger partial charge is 0.139 e. The maximum absolute atomic E-state index is 13.1. The quantitative estimate of drug-likeness (QED) is 0.797. The van der Waals surface area contributed by atoms with E-state index in [2.05, 4.69) is 0 Å². The minimum atomic E-state index is -1.67. The molecule has 0 saturated carbocycles. The maximum Gasteiger partial charge on any atom is 0.139 e. The van der Waals surface area contributed by atoms with Crippen molar-refractivity contribution in [1.29, 1.82) is 5.26 Å². The fourth-order valence-corrected chi connectivity index (χ4v) is 2.24. The first kappa shape index (κ1) is 11.8. The van der Waals surface area contributed by atoms with E-state index >= 15 is 0 Å². The van der Waals surface area contributed by atoms with Gasteiger partial charge in [0.05, 0.1) is 27.7 Å². The molecular formula is C10H9F2NOS. The largest absolute Gasteiger partial charge is 0.254 e. The highest BCUT2D eigenvalue weighted by Crippen LogP contribution is 2.15. The molecule has 0 fully saturated rings. The van der Waals surface area contributed by atoms with Crippen molar-refractivity contribution in [2.75, 3.05) is 5.75 Å². The predicted molar refractivity (Wildman–Crippen MR) is 52.4 cm³/mol. The van der Waals surface area contributed by atoms with Crippen molar-refractivity contribution in [3.8, 4) is 6.07 Å². The van der Waals surface area contributed by atoms with Crippen LogP contribution in [0.2, 0.25) is 0 Å². The summed E-state index contributed by atoms with van der Waals surface area (Å²) in [5.41, 5.74) is 0. The van der Waals surface area contributed by atoms with E-state index in [1.54, 1.807) is 6.92 Å². The van der Waals surface area contributed by atoms with E-state index < -0.39 is 28.4 Å². The molecule has 0 amide bonds. The molecule has 2 unspecified atom stereocenters. The lowest BCUT2D eigenvalue weighted by atomic mass is 10.3. The van der Waals surface area contributed by atoms with Crippen LogP contribution in [0.25, 0.3) is 0 Å². The van der Waals surface area contributed by atoms with Crippen LogP contribution in [-0.2, 0) is 10.8 Å². The highest BCUT2D eigenvalue weighted by molar-refractivity contribution is 7.85. The molecule has 0 aromatic heterocycles. The Bertz CT molecular complexity index is 428. The standard InChI is InChI=1S/C10H9F2NOS/c1-7(5-13)6-15(14)10-4-8(11)2-3-9(10)12/h2-4,7H,6H2,1H3. The molecule has 1 rings (SSSR count). The van der Waals surface area contributed by atoms with Crippen LogP contribution >= 0.6 is 0 Å². The van der Waals surface area contributed by atoms with Crippen LogP contribution < -0.4 is 0 Å². The van der Waals surface area contributed by atoms with Crippen LogP contribution in [0.15, 0.2) is 23.1 Å². The number of nitrogens with zero attached hydrogens (tertiary/aromatic N) is 1. The van der Waals surface area contributed by atoms with Crippen molar-refractivity contribution >= 4 is 10.8 Å².